The van der Waals surface area contributed by atoms with Crippen LogP contribution >= 0.6 is 0 Å². The molecule has 0 aromatic carbocycles. The van der Waals surface area contributed by atoms with Crippen molar-refractivity contribution >= 4 is 0 Å². The molecule has 1 aliphatic heterocycles. The van der Waals surface area contributed by atoms with E-state index in [0.29, 0.717) is 12.0 Å². The Morgan fingerprint density at radius 2 is 2.25 bits per heavy atom. The standard InChI is InChI=1S/C13H26N2O/c1-10(2)14-7-11(3)8-15-6-5-12(4)13(16)9-15/h10,12-14,16H,3,5-9H2,1-2,4H3. The van der Waals surface area contributed by atoms with Crippen LogP contribution in [-0.2, 0) is 0 Å². The highest BCUT2D eigenvalue weighted by atomic mass is 16.3. The molecule has 0 aliphatic carbocycles. The molecule has 1 rings (SSSR count). The summed E-state index contributed by atoms with van der Waals surface area (Å²) in [5, 5.41) is 13.2. The van der Waals surface area contributed by atoms with Gasteiger partial charge in [-0.25, -0.2) is 0 Å². The van der Waals surface area contributed by atoms with Crippen LogP contribution in [0.2, 0.25) is 0 Å². The van der Waals surface area contributed by atoms with Gasteiger partial charge in [0, 0.05) is 25.7 Å². The molecular weight excluding hydrogens is 200 g/mol. The average Bonchev–Trinajstić information content (AvgIpc) is 2.21. The fourth-order valence-electron chi connectivity index (χ4n) is 1.98. The molecule has 16 heavy (non-hydrogen) atoms. The van der Waals surface area contributed by atoms with E-state index in [1.165, 1.54) is 5.57 Å². The highest BCUT2D eigenvalue weighted by molar-refractivity contribution is 5.01. The van der Waals surface area contributed by atoms with Crippen molar-refractivity contribution in [1.82, 2.24) is 10.2 Å². The van der Waals surface area contributed by atoms with Gasteiger partial charge in [-0.15, -0.1) is 0 Å². The lowest BCUT2D eigenvalue weighted by atomic mass is 9.96. The van der Waals surface area contributed by atoms with E-state index in [0.717, 1.165) is 32.6 Å². The van der Waals surface area contributed by atoms with Gasteiger partial charge in [-0.1, -0.05) is 27.4 Å². The molecule has 0 amide bonds. The van der Waals surface area contributed by atoms with E-state index >= 15 is 0 Å². The van der Waals surface area contributed by atoms with E-state index in [4.69, 9.17) is 0 Å². The highest BCUT2D eigenvalue weighted by Crippen LogP contribution is 2.17. The van der Waals surface area contributed by atoms with Crippen molar-refractivity contribution in [2.45, 2.75) is 39.3 Å². The summed E-state index contributed by atoms with van der Waals surface area (Å²) in [7, 11) is 0. The van der Waals surface area contributed by atoms with Gasteiger partial charge >= 0.3 is 0 Å². The summed E-state index contributed by atoms with van der Waals surface area (Å²) in [6.07, 6.45) is 0.922. The first-order chi connectivity index (χ1) is 7.49. The Labute approximate surface area is 99.5 Å². The van der Waals surface area contributed by atoms with E-state index in [1.54, 1.807) is 0 Å². The molecule has 0 radical (unpaired) electrons. The second kappa shape index (κ2) is 6.38. The molecule has 0 aromatic rings. The van der Waals surface area contributed by atoms with Gasteiger partial charge in [0.15, 0.2) is 0 Å². The molecular formula is C13H26N2O. The fourth-order valence-corrected chi connectivity index (χ4v) is 1.98. The molecule has 1 heterocycles. The molecule has 0 aromatic heterocycles. The van der Waals surface area contributed by atoms with Crippen molar-refractivity contribution < 1.29 is 5.11 Å². The van der Waals surface area contributed by atoms with Crippen LogP contribution in [0.5, 0.6) is 0 Å². The third-order valence-corrected chi connectivity index (χ3v) is 3.21. The Bertz CT molecular complexity index is 228. The predicted octanol–water partition coefficient (Wildman–Crippen LogP) is 1.24. The quantitative estimate of drug-likeness (QED) is 0.692. The number of rotatable bonds is 5. The average molecular weight is 226 g/mol. The lowest BCUT2D eigenvalue weighted by Crippen LogP contribution is -2.44. The maximum absolute atomic E-state index is 9.79. The third kappa shape index (κ3) is 4.64. The lowest BCUT2D eigenvalue weighted by molar-refractivity contribution is 0.0331. The van der Waals surface area contributed by atoms with Crippen LogP contribution in [0.1, 0.15) is 27.2 Å². The Kier molecular flexibility index (Phi) is 5.46. The number of hydrogen-bond acceptors (Lipinski definition) is 3. The van der Waals surface area contributed by atoms with Crippen LogP contribution < -0.4 is 5.32 Å². The van der Waals surface area contributed by atoms with Gasteiger partial charge in [-0.3, -0.25) is 4.90 Å². The zero-order valence-electron chi connectivity index (χ0n) is 10.9. The minimum absolute atomic E-state index is 0.167. The zero-order chi connectivity index (χ0) is 12.1. The number of nitrogens with zero attached hydrogens (tertiary/aromatic N) is 1. The number of hydrogen-bond donors (Lipinski definition) is 2. The van der Waals surface area contributed by atoms with Crippen molar-refractivity contribution in [2.75, 3.05) is 26.2 Å². The van der Waals surface area contributed by atoms with Crippen LogP contribution in [0.15, 0.2) is 12.2 Å². The summed E-state index contributed by atoms with van der Waals surface area (Å²) in [5.41, 5.74) is 1.20. The number of β-amino-alcohol motifs (C(OH)–C–C–N with tert-alkyl or cyclic N) is 1. The van der Waals surface area contributed by atoms with Crippen molar-refractivity contribution in [3.05, 3.63) is 12.2 Å². The number of aliphatic hydroxyl groups is 1. The summed E-state index contributed by atoms with van der Waals surface area (Å²) in [6, 6.07) is 0.503. The normalized spacial score (nSPS) is 27.3. The van der Waals surface area contributed by atoms with Crippen LogP contribution in [0.4, 0.5) is 0 Å². The fraction of sp³-hybridized carbons (Fsp3) is 0.846. The SMILES string of the molecule is C=C(CNC(C)C)CN1CCC(C)C(O)C1. The number of nitrogens with one attached hydrogen (secondary N) is 1. The van der Waals surface area contributed by atoms with E-state index < -0.39 is 0 Å². The van der Waals surface area contributed by atoms with Gasteiger partial charge in [0.2, 0.25) is 0 Å². The van der Waals surface area contributed by atoms with Gasteiger partial charge in [0.25, 0.3) is 0 Å². The van der Waals surface area contributed by atoms with Crippen molar-refractivity contribution in [2.24, 2.45) is 5.92 Å². The van der Waals surface area contributed by atoms with E-state index in [-0.39, 0.29) is 6.10 Å². The topological polar surface area (TPSA) is 35.5 Å². The second-order valence-corrected chi connectivity index (χ2v) is 5.35. The molecule has 0 saturated carbocycles. The minimum atomic E-state index is -0.167. The van der Waals surface area contributed by atoms with Crippen LogP contribution in [-0.4, -0.2) is 48.3 Å². The molecule has 1 saturated heterocycles. The summed E-state index contributed by atoms with van der Waals surface area (Å²) in [5.74, 6) is 0.443. The predicted molar refractivity (Wildman–Crippen MR) is 68.5 cm³/mol. The highest BCUT2D eigenvalue weighted by Gasteiger charge is 2.24. The molecule has 2 N–H and O–H groups in total. The third-order valence-electron chi connectivity index (χ3n) is 3.21. The van der Waals surface area contributed by atoms with Crippen molar-refractivity contribution in [1.29, 1.82) is 0 Å². The zero-order valence-corrected chi connectivity index (χ0v) is 10.9. The number of aliphatic hydroxyl groups excluding tert-OH is 1. The Morgan fingerprint density at radius 3 is 2.81 bits per heavy atom. The van der Waals surface area contributed by atoms with Crippen LogP contribution in [0.3, 0.4) is 0 Å². The minimum Gasteiger partial charge on any atom is -0.392 e. The molecule has 94 valence electrons. The largest absolute Gasteiger partial charge is 0.392 e. The van der Waals surface area contributed by atoms with E-state index in [1.807, 2.05) is 0 Å². The summed E-state index contributed by atoms with van der Waals surface area (Å²) < 4.78 is 0. The first-order valence-electron chi connectivity index (χ1n) is 6.29. The van der Waals surface area contributed by atoms with E-state index in [9.17, 15) is 5.11 Å². The lowest BCUT2D eigenvalue weighted by Gasteiger charge is -2.34. The molecule has 0 bridgehead atoms. The van der Waals surface area contributed by atoms with Crippen LogP contribution in [0, 0.1) is 5.92 Å². The summed E-state index contributed by atoms with van der Waals surface area (Å²) in [6.45, 7) is 14.1. The Balaban J connectivity index is 2.24. The molecule has 1 fully saturated rings. The summed E-state index contributed by atoms with van der Waals surface area (Å²) in [4.78, 5) is 2.30. The molecule has 0 spiro atoms. The first-order valence-corrected chi connectivity index (χ1v) is 6.29. The second-order valence-electron chi connectivity index (χ2n) is 5.35. The Hall–Kier alpha value is -0.380. The number of likely N-dealkylation sites (tertiary alicyclic amines) is 1. The van der Waals surface area contributed by atoms with Crippen molar-refractivity contribution in [3.63, 3.8) is 0 Å². The Morgan fingerprint density at radius 1 is 1.56 bits per heavy atom. The number of piperidine rings is 1. The first kappa shape index (κ1) is 13.7. The molecule has 2 atom stereocenters. The summed E-state index contributed by atoms with van der Waals surface area (Å²) >= 11 is 0. The van der Waals surface area contributed by atoms with Crippen molar-refractivity contribution in [3.8, 4) is 0 Å². The molecule has 2 unspecified atom stereocenters. The van der Waals surface area contributed by atoms with Gasteiger partial charge in [-0.2, -0.15) is 0 Å². The maximum Gasteiger partial charge on any atom is 0.0693 e. The van der Waals surface area contributed by atoms with Gasteiger partial charge < -0.3 is 10.4 Å². The van der Waals surface area contributed by atoms with E-state index in [2.05, 4.69) is 37.6 Å². The van der Waals surface area contributed by atoms with Gasteiger partial charge in [0.05, 0.1) is 6.10 Å². The molecule has 1 aliphatic rings. The molecule has 3 heteroatoms. The van der Waals surface area contributed by atoms with Crippen LogP contribution in [0.25, 0.3) is 0 Å². The molecule has 3 nitrogen and oxygen atoms in total. The maximum atomic E-state index is 9.79. The monoisotopic (exact) mass is 226 g/mol. The van der Waals surface area contributed by atoms with Gasteiger partial charge in [-0.05, 0) is 24.5 Å². The smallest absolute Gasteiger partial charge is 0.0693 e. The van der Waals surface area contributed by atoms with Gasteiger partial charge in [0.1, 0.15) is 0 Å².